The van der Waals surface area contributed by atoms with Crippen LogP contribution in [0.25, 0.3) is 0 Å². The molecule has 0 radical (unpaired) electrons. The van der Waals surface area contributed by atoms with Gasteiger partial charge in [0, 0.05) is 6.04 Å². The molecule has 1 N–H and O–H groups in total. The normalized spacial score (nSPS) is 24.2. The number of likely N-dealkylation sites (N-methyl/N-ethyl adjacent to an activating group) is 1. The summed E-state index contributed by atoms with van der Waals surface area (Å²) in [6.45, 7) is 4.15. The molecule has 0 heterocycles. The van der Waals surface area contributed by atoms with Crippen LogP contribution in [-0.4, -0.2) is 19.2 Å². The molecular formula is C16H25NO. The van der Waals surface area contributed by atoms with Crippen molar-refractivity contribution in [2.45, 2.75) is 57.6 Å². The van der Waals surface area contributed by atoms with Gasteiger partial charge in [0.25, 0.3) is 0 Å². The third-order valence-electron chi connectivity index (χ3n) is 3.79. The van der Waals surface area contributed by atoms with Crippen molar-refractivity contribution in [2.75, 3.05) is 7.05 Å². The van der Waals surface area contributed by atoms with Gasteiger partial charge in [-0.15, -0.1) is 0 Å². The Kier molecular flexibility index (Phi) is 4.65. The summed E-state index contributed by atoms with van der Waals surface area (Å²) >= 11 is 0. The zero-order valence-corrected chi connectivity index (χ0v) is 11.8. The highest BCUT2D eigenvalue weighted by Crippen LogP contribution is 2.34. The summed E-state index contributed by atoms with van der Waals surface area (Å²) in [7, 11) is 2.08. The second kappa shape index (κ2) is 6.24. The first-order valence-corrected chi connectivity index (χ1v) is 7.14. The molecular weight excluding hydrogens is 222 g/mol. The predicted octanol–water partition coefficient (Wildman–Crippen LogP) is 3.72. The number of hydrogen-bond donors (Lipinski definition) is 1. The monoisotopic (exact) mass is 247 g/mol. The van der Waals surface area contributed by atoms with E-state index in [-0.39, 0.29) is 6.10 Å². The lowest BCUT2D eigenvalue weighted by molar-refractivity contribution is 0.241. The Balaban J connectivity index is 2.15. The minimum absolute atomic E-state index is 0.242. The molecule has 0 aromatic heterocycles. The maximum absolute atomic E-state index is 5.79. The molecule has 100 valence electrons. The zero-order chi connectivity index (χ0) is 13.0. The molecule has 2 nitrogen and oxygen atoms in total. The molecule has 0 saturated heterocycles. The van der Waals surface area contributed by atoms with Crippen LogP contribution in [0.5, 0.6) is 5.75 Å². The third-order valence-corrected chi connectivity index (χ3v) is 3.79. The molecule has 2 atom stereocenters. The van der Waals surface area contributed by atoms with Crippen molar-refractivity contribution < 1.29 is 4.74 Å². The minimum atomic E-state index is 0.242. The van der Waals surface area contributed by atoms with Crippen molar-refractivity contribution in [3.8, 4) is 5.75 Å². The lowest BCUT2D eigenvalue weighted by Gasteiger charge is -2.32. The summed E-state index contributed by atoms with van der Waals surface area (Å²) in [4.78, 5) is 0. The maximum atomic E-state index is 5.79. The van der Waals surface area contributed by atoms with E-state index in [1.54, 1.807) is 0 Å². The number of nitrogens with one attached hydrogen (secondary N) is 1. The fourth-order valence-electron chi connectivity index (χ4n) is 2.97. The van der Waals surface area contributed by atoms with E-state index in [0.717, 1.165) is 5.75 Å². The average molecular weight is 247 g/mol. The summed E-state index contributed by atoms with van der Waals surface area (Å²) in [6.07, 6.45) is 5.52. The van der Waals surface area contributed by atoms with Crippen molar-refractivity contribution >= 4 is 0 Å². The Hall–Kier alpha value is -1.02. The smallest absolute Gasteiger partial charge is 0.119 e. The van der Waals surface area contributed by atoms with Crippen LogP contribution in [0.15, 0.2) is 24.3 Å². The Morgan fingerprint density at radius 1 is 1.22 bits per heavy atom. The summed E-state index contributed by atoms with van der Waals surface area (Å²) in [5.41, 5.74) is 1.42. The van der Waals surface area contributed by atoms with E-state index >= 15 is 0 Å². The Morgan fingerprint density at radius 2 is 2.00 bits per heavy atom. The van der Waals surface area contributed by atoms with Crippen LogP contribution >= 0.6 is 0 Å². The molecule has 1 fully saturated rings. The van der Waals surface area contributed by atoms with Gasteiger partial charge in [-0.2, -0.15) is 0 Å². The largest absolute Gasteiger partial charge is 0.491 e. The lowest BCUT2D eigenvalue weighted by atomic mass is 9.80. The van der Waals surface area contributed by atoms with Crippen LogP contribution in [-0.2, 0) is 0 Å². The fraction of sp³-hybridized carbons (Fsp3) is 0.625. The van der Waals surface area contributed by atoms with E-state index in [4.69, 9.17) is 4.74 Å². The second-order valence-electron chi connectivity index (χ2n) is 5.53. The van der Waals surface area contributed by atoms with Crippen LogP contribution in [0.1, 0.15) is 51.0 Å². The van der Waals surface area contributed by atoms with Gasteiger partial charge in [-0.3, -0.25) is 0 Å². The first kappa shape index (κ1) is 13.4. The van der Waals surface area contributed by atoms with E-state index in [0.29, 0.717) is 12.0 Å². The number of hydrogen-bond acceptors (Lipinski definition) is 2. The van der Waals surface area contributed by atoms with Crippen LogP contribution in [0.2, 0.25) is 0 Å². The molecule has 1 saturated carbocycles. The van der Waals surface area contributed by atoms with Gasteiger partial charge < -0.3 is 10.1 Å². The Bertz CT molecular complexity index is 375. The molecule has 0 aliphatic heterocycles. The topological polar surface area (TPSA) is 21.3 Å². The first-order chi connectivity index (χ1) is 8.70. The van der Waals surface area contributed by atoms with Gasteiger partial charge in [-0.1, -0.05) is 25.0 Å². The SMILES string of the molecule is CNC1CCCCC1c1cccc(OC(C)C)c1. The van der Waals surface area contributed by atoms with E-state index in [9.17, 15) is 0 Å². The van der Waals surface area contributed by atoms with Gasteiger partial charge in [-0.25, -0.2) is 0 Å². The van der Waals surface area contributed by atoms with E-state index < -0.39 is 0 Å². The van der Waals surface area contributed by atoms with Gasteiger partial charge in [0.1, 0.15) is 5.75 Å². The highest BCUT2D eigenvalue weighted by atomic mass is 16.5. The van der Waals surface area contributed by atoms with Crippen LogP contribution in [0.4, 0.5) is 0 Å². The van der Waals surface area contributed by atoms with Gasteiger partial charge in [-0.05, 0) is 57.4 Å². The summed E-state index contributed by atoms with van der Waals surface area (Å²) in [6, 6.07) is 9.26. The molecule has 1 aliphatic carbocycles. The molecule has 0 spiro atoms. The van der Waals surface area contributed by atoms with Gasteiger partial charge >= 0.3 is 0 Å². The molecule has 1 aliphatic rings. The molecule has 1 aromatic carbocycles. The number of ether oxygens (including phenoxy) is 1. The molecule has 2 unspecified atom stereocenters. The molecule has 2 rings (SSSR count). The predicted molar refractivity (Wildman–Crippen MR) is 76.3 cm³/mol. The van der Waals surface area contributed by atoms with Crippen molar-refractivity contribution in [3.63, 3.8) is 0 Å². The Morgan fingerprint density at radius 3 is 2.72 bits per heavy atom. The summed E-state index contributed by atoms with van der Waals surface area (Å²) < 4.78 is 5.79. The van der Waals surface area contributed by atoms with Crippen LogP contribution in [0, 0.1) is 0 Å². The molecule has 0 bridgehead atoms. The maximum Gasteiger partial charge on any atom is 0.119 e. The fourth-order valence-corrected chi connectivity index (χ4v) is 2.97. The zero-order valence-electron chi connectivity index (χ0n) is 11.8. The van der Waals surface area contributed by atoms with Gasteiger partial charge in [0.05, 0.1) is 6.10 Å². The lowest BCUT2D eigenvalue weighted by Crippen LogP contribution is -2.34. The van der Waals surface area contributed by atoms with E-state index in [1.807, 2.05) is 0 Å². The van der Waals surface area contributed by atoms with E-state index in [2.05, 4.69) is 50.5 Å². The standard InChI is InChI=1S/C16H25NO/c1-12(2)18-14-8-6-7-13(11-14)15-9-4-5-10-16(15)17-3/h6-8,11-12,15-17H,4-5,9-10H2,1-3H3. The molecule has 0 amide bonds. The third kappa shape index (κ3) is 3.26. The van der Waals surface area contributed by atoms with Crippen molar-refractivity contribution in [1.82, 2.24) is 5.32 Å². The quantitative estimate of drug-likeness (QED) is 0.875. The number of rotatable bonds is 4. The van der Waals surface area contributed by atoms with Crippen molar-refractivity contribution in [1.29, 1.82) is 0 Å². The van der Waals surface area contributed by atoms with Crippen LogP contribution < -0.4 is 10.1 Å². The Labute approximate surface area is 111 Å². The minimum Gasteiger partial charge on any atom is -0.491 e. The highest BCUT2D eigenvalue weighted by molar-refractivity contribution is 5.32. The highest BCUT2D eigenvalue weighted by Gasteiger charge is 2.25. The summed E-state index contributed by atoms with van der Waals surface area (Å²) in [5.74, 6) is 1.64. The van der Waals surface area contributed by atoms with E-state index in [1.165, 1.54) is 31.2 Å². The van der Waals surface area contributed by atoms with Crippen molar-refractivity contribution in [3.05, 3.63) is 29.8 Å². The second-order valence-corrected chi connectivity index (χ2v) is 5.53. The molecule has 18 heavy (non-hydrogen) atoms. The summed E-state index contributed by atoms with van der Waals surface area (Å²) in [5, 5.41) is 3.47. The average Bonchev–Trinajstić information content (AvgIpc) is 2.38. The van der Waals surface area contributed by atoms with Crippen LogP contribution in [0.3, 0.4) is 0 Å². The van der Waals surface area contributed by atoms with Gasteiger partial charge in [0.15, 0.2) is 0 Å². The number of benzene rings is 1. The van der Waals surface area contributed by atoms with Gasteiger partial charge in [0.2, 0.25) is 0 Å². The first-order valence-electron chi connectivity index (χ1n) is 7.14. The molecule has 2 heteroatoms. The van der Waals surface area contributed by atoms with Crippen molar-refractivity contribution in [2.24, 2.45) is 0 Å². The molecule has 1 aromatic rings.